The minimum absolute atomic E-state index is 0.211. The highest BCUT2D eigenvalue weighted by Crippen LogP contribution is 2.30. The average Bonchev–Trinajstić information content (AvgIpc) is 3.37. The summed E-state index contributed by atoms with van der Waals surface area (Å²) in [5.41, 5.74) is 6.57. The summed E-state index contributed by atoms with van der Waals surface area (Å²) in [5, 5.41) is 2.51. The first-order valence-electron chi connectivity index (χ1n) is 18.3. The van der Waals surface area contributed by atoms with E-state index in [2.05, 4.69) is 52.0 Å². The van der Waals surface area contributed by atoms with Gasteiger partial charge >= 0.3 is 12.2 Å². The van der Waals surface area contributed by atoms with Crippen molar-refractivity contribution in [1.29, 1.82) is 0 Å². The van der Waals surface area contributed by atoms with Crippen LogP contribution in [0.15, 0.2) is 83.8 Å². The van der Waals surface area contributed by atoms with Crippen LogP contribution in [-0.4, -0.2) is 78.9 Å². The topological polar surface area (TPSA) is 96.9 Å². The van der Waals surface area contributed by atoms with Crippen LogP contribution in [0.3, 0.4) is 0 Å². The first kappa shape index (κ1) is 37.2. The quantitative estimate of drug-likeness (QED) is 0.201. The Balaban J connectivity index is 0.000000192. The van der Waals surface area contributed by atoms with Crippen LogP contribution in [0.2, 0.25) is 0 Å². The van der Waals surface area contributed by atoms with Crippen LogP contribution in [0.5, 0.6) is 0 Å². The number of H-pyrrole nitrogens is 1. The molecular formula is C42H52N4O5S. The van der Waals surface area contributed by atoms with Gasteiger partial charge in [-0.1, -0.05) is 54.6 Å². The van der Waals surface area contributed by atoms with Crippen LogP contribution in [0.4, 0.5) is 9.59 Å². The lowest BCUT2D eigenvalue weighted by molar-refractivity contribution is 0.0247. The van der Waals surface area contributed by atoms with Crippen molar-refractivity contribution in [2.75, 3.05) is 31.9 Å². The predicted octanol–water partition coefficient (Wildman–Crippen LogP) is 8.29. The molecule has 0 bridgehead atoms. The van der Waals surface area contributed by atoms with E-state index in [0.717, 1.165) is 30.6 Å². The number of amides is 2. The number of nitrogens with zero attached hydrogens (tertiary/aromatic N) is 3. The Labute approximate surface area is 309 Å². The fourth-order valence-corrected chi connectivity index (χ4v) is 8.13. The molecule has 9 nitrogen and oxygen atoms in total. The van der Waals surface area contributed by atoms with Crippen LogP contribution in [-0.2, 0) is 52.5 Å². The number of hydrogen-bond donors (Lipinski definition) is 1. The molecule has 2 aliphatic heterocycles. The largest absolute Gasteiger partial charge is 0.444 e. The second-order valence-electron chi connectivity index (χ2n) is 15.5. The number of fused-ring (bicyclic) bond motifs is 6. The molecule has 276 valence electrons. The molecule has 1 N–H and O–H groups in total. The molecule has 52 heavy (non-hydrogen) atoms. The molecule has 5 aromatic rings. The summed E-state index contributed by atoms with van der Waals surface area (Å²) in [7, 11) is -1.05. The highest BCUT2D eigenvalue weighted by atomic mass is 32.2. The Morgan fingerprint density at radius 1 is 0.673 bits per heavy atom. The van der Waals surface area contributed by atoms with Gasteiger partial charge in [0.05, 0.1) is 10.8 Å². The van der Waals surface area contributed by atoms with E-state index in [1.54, 1.807) is 0 Å². The molecule has 0 radical (unpaired) electrons. The van der Waals surface area contributed by atoms with Crippen molar-refractivity contribution in [3.63, 3.8) is 0 Å². The van der Waals surface area contributed by atoms with E-state index in [1.165, 1.54) is 44.3 Å². The number of rotatable bonds is 4. The number of aromatic amines is 1. The Morgan fingerprint density at radius 3 is 1.87 bits per heavy atom. The normalized spacial score (nSPS) is 15.5. The zero-order chi connectivity index (χ0) is 37.0. The summed E-state index contributed by atoms with van der Waals surface area (Å²) in [4.78, 5) is 32.8. The van der Waals surface area contributed by atoms with Crippen molar-refractivity contribution >= 4 is 44.8 Å². The first-order chi connectivity index (χ1) is 24.8. The van der Waals surface area contributed by atoms with Gasteiger partial charge in [0.2, 0.25) is 0 Å². The monoisotopic (exact) mass is 724 g/mol. The van der Waals surface area contributed by atoms with Crippen molar-refractivity contribution < 1.29 is 23.3 Å². The van der Waals surface area contributed by atoms with Gasteiger partial charge in [-0.2, -0.15) is 0 Å². The SMILES string of the molecule is CC(C)(C)OC(=O)N1CCc2[nH]c3ccccc3c2CC1.CC(C)(C)OC(=O)N1CCc2c(n(CCS(=O)c3ccccc3)c3ccccc23)CC1. The second kappa shape index (κ2) is 15.6. The van der Waals surface area contributed by atoms with Gasteiger partial charge in [0.15, 0.2) is 0 Å². The smallest absolute Gasteiger partial charge is 0.410 e. The fourth-order valence-electron chi connectivity index (χ4n) is 7.09. The summed E-state index contributed by atoms with van der Waals surface area (Å²) >= 11 is 0. The van der Waals surface area contributed by atoms with Crippen molar-refractivity contribution in [2.45, 2.75) is 89.9 Å². The van der Waals surface area contributed by atoms with Gasteiger partial charge in [-0.05, 0) is 89.8 Å². The maximum Gasteiger partial charge on any atom is 0.410 e. The summed E-state index contributed by atoms with van der Waals surface area (Å²) in [6.45, 7) is 14.8. The van der Waals surface area contributed by atoms with Crippen LogP contribution in [0.25, 0.3) is 21.8 Å². The lowest BCUT2D eigenvalue weighted by Crippen LogP contribution is -2.38. The predicted molar refractivity (Wildman–Crippen MR) is 208 cm³/mol. The van der Waals surface area contributed by atoms with Crippen molar-refractivity contribution in [3.05, 3.63) is 101 Å². The Kier molecular flexibility index (Phi) is 11.1. The van der Waals surface area contributed by atoms with E-state index >= 15 is 0 Å². The molecule has 0 saturated heterocycles. The molecule has 0 aliphatic carbocycles. The molecular weight excluding hydrogens is 673 g/mol. The second-order valence-corrected chi connectivity index (χ2v) is 17.1. The number of carbonyl (C=O) groups excluding carboxylic acids is 2. The van der Waals surface area contributed by atoms with Crippen LogP contribution >= 0.6 is 0 Å². The van der Waals surface area contributed by atoms with E-state index in [9.17, 15) is 13.8 Å². The third-order valence-electron chi connectivity index (χ3n) is 9.42. The van der Waals surface area contributed by atoms with Gasteiger partial charge in [-0.25, -0.2) is 9.59 Å². The number of nitrogens with one attached hydrogen (secondary N) is 1. The Hall–Kier alpha value is -4.57. The van der Waals surface area contributed by atoms with E-state index < -0.39 is 22.0 Å². The number of carbonyl (C=O) groups is 2. The number of para-hydroxylation sites is 2. The molecule has 4 heterocycles. The molecule has 2 amide bonds. The summed E-state index contributed by atoms with van der Waals surface area (Å²) < 4.78 is 26.2. The number of ether oxygens (including phenoxy) is 2. The average molecular weight is 725 g/mol. The lowest BCUT2D eigenvalue weighted by atomic mass is 10.1. The third kappa shape index (κ3) is 8.89. The van der Waals surface area contributed by atoms with E-state index in [4.69, 9.17) is 9.47 Å². The van der Waals surface area contributed by atoms with E-state index in [1.807, 2.05) is 87.7 Å². The van der Waals surface area contributed by atoms with Gasteiger partial charge < -0.3 is 28.8 Å². The molecule has 3 aromatic carbocycles. The van der Waals surface area contributed by atoms with E-state index in [-0.39, 0.29) is 12.2 Å². The van der Waals surface area contributed by atoms with E-state index in [0.29, 0.717) is 38.5 Å². The highest BCUT2D eigenvalue weighted by Gasteiger charge is 2.28. The van der Waals surface area contributed by atoms with Crippen LogP contribution in [0.1, 0.15) is 64.1 Å². The number of aromatic nitrogens is 2. The third-order valence-corrected chi connectivity index (χ3v) is 10.8. The molecule has 1 atom stereocenters. The molecule has 0 saturated carbocycles. The van der Waals surface area contributed by atoms with Gasteiger partial charge in [-0.3, -0.25) is 4.21 Å². The highest BCUT2D eigenvalue weighted by molar-refractivity contribution is 7.85. The standard InChI is InChI=1S/C25H30N2O3S.C17H22N2O2/c1-25(2,3)30-24(28)26-15-13-21-20-11-7-8-12-22(20)27(23(21)14-16-26)17-18-31(29)19-9-5-4-6-10-19;1-17(2,3)21-16(20)19-10-8-13-12-6-4-5-7-14(12)18-15(13)9-11-19/h4-12H,13-18H2,1-3H3;4-7,18H,8-11H2,1-3H3. The summed E-state index contributed by atoms with van der Waals surface area (Å²) in [6.07, 6.45) is 2.82. The molecule has 7 rings (SSSR count). The molecule has 1 unspecified atom stereocenters. The lowest BCUT2D eigenvalue weighted by Gasteiger charge is -2.26. The van der Waals surface area contributed by atoms with Crippen LogP contribution < -0.4 is 0 Å². The molecule has 10 heteroatoms. The minimum Gasteiger partial charge on any atom is -0.444 e. The zero-order valence-electron chi connectivity index (χ0n) is 31.4. The maximum atomic E-state index is 12.8. The minimum atomic E-state index is -1.05. The molecule has 2 aliphatic rings. The number of hydrogen-bond acceptors (Lipinski definition) is 5. The first-order valence-corrected chi connectivity index (χ1v) is 19.7. The van der Waals surface area contributed by atoms with Crippen molar-refractivity contribution in [2.24, 2.45) is 0 Å². The Bertz CT molecular complexity index is 2050. The molecule has 0 spiro atoms. The summed E-state index contributed by atoms with van der Waals surface area (Å²) in [5.74, 6) is 0.560. The van der Waals surface area contributed by atoms with Crippen LogP contribution in [0, 0.1) is 0 Å². The summed E-state index contributed by atoms with van der Waals surface area (Å²) in [6, 6.07) is 26.4. The fraction of sp³-hybridized carbons (Fsp3) is 0.429. The maximum absolute atomic E-state index is 12.8. The number of aryl methyl sites for hydroxylation is 1. The molecule has 2 aromatic heterocycles. The van der Waals surface area contributed by atoms with Gasteiger partial charge in [0.1, 0.15) is 11.2 Å². The number of benzene rings is 3. The Morgan fingerprint density at radius 2 is 1.21 bits per heavy atom. The van der Waals surface area contributed by atoms with Crippen molar-refractivity contribution in [3.8, 4) is 0 Å². The van der Waals surface area contributed by atoms with Crippen molar-refractivity contribution in [1.82, 2.24) is 19.4 Å². The van der Waals surface area contributed by atoms with Gasteiger partial charge in [0.25, 0.3) is 0 Å². The molecule has 0 fully saturated rings. The van der Waals surface area contributed by atoms with Gasteiger partial charge in [-0.15, -0.1) is 0 Å². The zero-order valence-corrected chi connectivity index (χ0v) is 32.2. The van der Waals surface area contributed by atoms with Gasteiger partial charge in [0, 0.05) is 89.4 Å².